The van der Waals surface area contributed by atoms with E-state index in [-0.39, 0.29) is 42.6 Å². The van der Waals surface area contributed by atoms with Crippen LogP contribution in [-0.2, 0) is 16.0 Å². The van der Waals surface area contributed by atoms with Crippen LogP contribution in [0.25, 0.3) is 0 Å². The van der Waals surface area contributed by atoms with Crippen molar-refractivity contribution in [2.75, 3.05) is 32.7 Å². The molecule has 2 fully saturated rings. The molecule has 7 rings (SSSR count). The van der Waals surface area contributed by atoms with Crippen molar-refractivity contribution in [1.82, 2.24) is 25.0 Å². The normalized spacial score (nSPS) is 23.2. The number of carbonyl (C=O) groups excluding carboxylic acids is 5. The summed E-state index contributed by atoms with van der Waals surface area (Å²) in [6, 6.07) is 11.1. The molecule has 1 N–H and O–H groups in total. The first-order chi connectivity index (χ1) is 24.5. The summed E-state index contributed by atoms with van der Waals surface area (Å²) >= 11 is 1.26. The number of nitrogens with one attached hydrogen (secondary N) is 1. The Bertz CT molecular complexity index is 1820. The number of hydrogen-bond acceptors (Lipinski definition) is 8. The van der Waals surface area contributed by atoms with Gasteiger partial charge in [-0.15, -0.1) is 11.3 Å². The predicted octanol–water partition coefficient (Wildman–Crippen LogP) is 4.64. The lowest BCUT2D eigenvalue weighted by molar-refractivity contribution is -0.149. The number of amides is 5. The maximum Gasteiger partial charge on any atom is 0.405 e. The minimum atomic E-state index is -4.60. The van der Waals surface area contributed by atoms with Crippen LogP contribution in [-0.4, -0.2) is 94.2 Å². The van der Waals surface area contributed by atoms with Gasteiger partial charge in [0.15, 0.2) is 0 Å². The molecule has 0 radical (unpaired) electrons. The number of nitrogens with zero attached hydrogens (tertiary/aromatic N) is 4. The number of benzene rings is 2. The number of carbonyl (C=O) groups is 5. The van der Waals surface area contributed by atoms with Crippen LogP contribution in [0.15, 0.2) is 54.2 Å². The molecule has 1 aliphatic carbocycles. The van der Waals surface area contributed by atoms with Crippen molar-refractivity contribution < 1.29 is 41.9 Å². The summed E-state index contributed by atoms with van der Waals surface area (Å²) in [6.07, 6.45) is -0.682. The van der Waals surface area contributed by atoms with Gasteiger partial charge in [-0.05, 0) is 43.0 Å². The van der Waals surface area contributed by atoms with Crippen LogP contribution in [0, 0.1) is 11.8 Å². The lowest BCUT2D eigenvalue weighted by atomic mass is 9.77. The molecule has 15 heteroatoms. The summed E-state index contributed by atoms with van der Waals surface area (Å²) in [7, 11) is 0. The molecule has 2 aromatic carbocycles. The fraction of sp³-hybridized carbons (Fsp3) is 0.444. The van der Waals surface area contributed by atoms with Crippen LogP contribution in [0.5, 0.6) is 5.75 Å². The van der Waals surface area contributed by atoms with E-state index in [1.165, 1.54) is 17.5 Å². The Morgan fingerprint density at radius 3 is 2.35 bits per heavy atom. The topological polar surface area (TPSA) is 129 Å². The minimum absolute atomic E-state index is 0.139. The molecule has 3 aromatic rings. The monoisotopic (exact) mass is 723 g/mol. The second-order valence-electron chi connectivity index (χ2n) is 13.4. The Morgan fingerprint density at radius 2 is 1.67 bits per heavy atom. The molecule has 4 atom stereocenters. The quantitative estimate of drug-likeness (QED) is 0.336. The number of halogens is 3. The molecule has 1 saturated carbocycles. The van der Waals surface area contributed by atoms with Crippen molar-refractivity contribution in [1.29, 1.82) is 0 Å². The zero-order valence-electron chi connectivity index (χ0n) is 27.6. The second-order valence-corrected chi connectivity index (χ2v) is 14.3. The van der Waals surface area contributed by atoms with Gasteiger partial charge in [-0.25, -0.2) is 0 Å². The highest BCUT2D eigenvalue weighted by molar-refractivity contribution is 7.11. The highest BCUT2D eigenvalue weighted by Crippen LogP contribution is 2.42. The van der Waals surface area contributed by atoms with Crippen LogP contribution in [0.3, 0.4) is 0 Å². The molecule has 0 bridgehead atoms. The van der Waals surface area contributed by atoms with Crippen molar-refractivity contribution in [3.05, 3.63) is 81.3 Å². The zero-order valence-corrected chi connectivity index (χ0v) is 28.4. The largest absolute Gasteiger partial charge is 0.488 e. The zero-order chi connectivity index (χ0) is 35.9. The first kappa shape index (κ1) is 34.6. The number of alkyl halides is 3. The molecule has 51 heavy (non-hydrogen) atoms. The van der Waals surface area contributed by atoms with Crippen molar-refractivity contribution in [2.45, 2.75) is 56.8 Å². The van der Waals surface area contributed by atoms with Gasteiger partial charge < -0.3 is 19.9 Å². The molecule has 0 unspecified atom stereocenters. The molecular weight excluding hydrogens is 687 g/mol. The van der Waals surface area contributed by atoms with Crippen LogP contribution in [0.4, 0.5) is 13.2 Å². The average molecular weight is 724 g/mol. The lowest BCUT2D eigenvalue weighted by Crippen LogP contribution is -2.51. The van der Waals surface area contributed by atoms with Gasteiger partial charge in [0.2, 0.25) is 11.8 Å². The number of ether oxygens (including phenoxy) is 1. The summed E-state index contributed by atoms with van der Waals surface area (Å²) < 4.78 is 45.6. The smallest absolute Gasteiger partial charge is 0.405 e. The van der Waals surface area contributed by atoms with E-state index in [2.05, 4.69) is 4.98 Å². The second kappa shape index (κ2) is 14.1. The van der Waals surface area contributed by atoms with Gasteiger partial charge in [0.05, 0.1) is 42.0 Å². The Hall–Kier alpha value is -4.79. The average Bonchev–Trinajstić information content (AvgIpc) is 3.89. The van der Waals surface area contributed by atoms with Crippen molar-refractivity contribution >= 4 is 40.9 Å². The molecule has 5 amide bonds. The Labute approximate surface area is 295 Å². The Kier molecular flexibility index (Phi) is 9.57. The number of rotatable bonds is 8. The Morgan fingerprint density at radius 1 is 0.941 bits per heavy atom. The van der Waals surface area contributed by atoms with E-state index >= 15 is 0 Å². The molecule has 11 nitrogen and oxygen atoms in total. The summed E-state index contributed by atoms with van der Waals surface area (Å²) in [6.45, 7) is -0.680. The van der Waals surface area contributed by atoms with Crippen LogP contribution in [0.2, 0.25) is 0 Å². The van der Waals surface area contributed by atoms with E-state index in [1.807, 2.05) is 17.4 Å². The molecule has 3 aliphatic heterocycles. The standard InChI is InChI=1S/C36H36F3N5O6S/c37-36(38,39)19-41-31(45)23-7-1-2-8-24(23)32(46)43-15-12-21-6-5-11-28(50-22-13-14-42(17-22)35(49)29-16-40-20-51-29)30(21)27(43)18-44-33(47)25-9-3-4-10-26(25)34(44)48/h3-6,9-11,16,20,22-24,27H,1-2,7-8,12-15,17-19H2,(H,41,45)/t22-,23-,24+,27+/m0/s1. The molecule has 4 heterocycles. The minimum Gasteiger partial charge on any atom is -0.488 e. The van der Waals surface area contributed by atoms with Crippen LogP contribution < -0.4 is 10.1 Å². The highest BCUT2D eigenvalue weighted by atomic mass is 32.1. The molecule has 1 aromatic heterocycles. The third-order valence-electron chi connectivity index (χ3n) is 10.3. The van der Waals surface area contributed by atoms with Gasteiger partial charge in [-0.1, -0.05) is 37.1 Å². The maximum absolute atomic E-state index is 14.6. The summed E-state index contributed by atoms with van der Waals surface area (Å²) in [5.41, 5.74) is 3.59. The van der Waals surface area contributed by atoms with Gasteiger partial charge in [-0.3, -0.25) is 33.9 Å². The highest BCUT2D eigenvalue weighted by Gasteiger charge is 2.46. The first-order valence-corrected chi connectivity index (χ1v) is 17.9. The molecule has 1 saturated heterocycles. The molecular formula is C36H36F3N5O6S. The third-order valence-corrected chi connectivity index (χ3v) is 11.0. The van der Waals surface area contributed by atoms with Gasteiger partial charge in [0, 0.05) is 36.9 Å². The third kappa shape index (κ3) is 6.95. The lowest BCUT2D eigenvalue weighted by Gasteiger charge is -2.43. The fourth-order valence-electron chi connectivity index (χ4n) is 7.81. The predicted molar refractivity (Wildman–Crippen MR) is 178 cm³/mol. The van der Waals surface area contributed by atoms with Crippen molar-refractivity contribution in [3.8, 4) is 5.75 Å². The Balaban J connectivity index is 1.20. The number of fused-ring (bicyclic) bond motifs is 2. The fourth-order valence-corrected chi connectivity index (χ4v) is 8.40. The van der Waals surface area contributed by atoms with Gasteiger partial charge in [-0.2, -0.15) is 13.2 Å². The summed E-state index contributed by atoms with van der Waals surface area (Å²) in [4.78, 5) is 76.8. The van der Waals surface area contributed by atoms with E-state index in [4.69, 9.17) is 4.74 Å². The van der Waals surface area contributed by atoms with E-state index < -0.39 is 54.2 Å². The van der Waals surface area contributed by atoms with Crippen molar-refractivity contribution in [3.63, 3.8) is 0 Å². The molecule has 0 spiro atoms. The van der Waals surface area contributed by atoms with E-state index in [0.717, 1.165) is 10.5 Å². The number of hydrogen-bond donors (Lipinski definition) is 1. The maximum atomic E-state index is 14.6. The molecule has 4 aliphatic rings. The number of aromatic nitrogens is 1. The van der Waals surface area contributed by atoms with Gasteiger partial charge >= 0.3 is 6.18 Å². The number of imide groups is 1. The summed E-state index contributed by atoms with van der Waals surface area (Å²) in [5, 5.41) is 1.97. The van der Waals surface area contributed by atoms with Gasteiger partial charge in [0.25, 0.3) is 17.7 Å². The van der Waals surface area contributed by atoms with Gasteiger partial charge in [0.1, 0.15) is 23.3 Å². The summed E-state index contributed by atoms with van der Waals surface area (Å²) in [5.74, 6) is -3.75. The SMILES string of the molecule is O=C(NCC(F)(F)F)[C@H]1CCCC[C@H]1C(=O)N1CCc2cccc(O[C@H]3CCN(C(=O)c4cncs4)C3)c2[C@H]1CN1C(=O)c2ccccc2C1=O. The van der Waals surface area contributed by atoms with E-state index in [0.29, 0.717) is 61.4 Å². The number of thiazole rings is 1. The van der Waals surface area contributed by atoms with E-state index in [1.54, 1.807) is 45.6 Å². The molecule has 268 valence electrons. The van der Waals surface area contributed by atoms with Crippen LogP contribution >= 0.6 is 11.3 Å². The van der Waals surface area contributed by atoms with E-state index in [9.17, 15) is 37.1 Å². The van der Waals surface area contributed by atoms with Crippen molar-refractivity contribution in [2.24, 2.45) is 11.8 Å². The van der Waals surface area contributed by atoms with Crippen LogP contribution in [0.1, 0.15) is 79.7 Å². The first-order valence-electron chi connectivity index (χ1n) is 17.1. The number of likely N-dealkylation sites (tertiary alicyclic amines) is 1.